The largest absolute Gasteiger partial charge is 0.378 e. The molecule has 1 amide bonds. The molecule has 0 saturated carbocycles. The van der Waals surface area contributed by atoms with Crippen LogP contribution in [0.5, 0.6) is 0 Å². The van der Waals surface area contributed by atoms with Crippen LogP contribution in [0, 0.1) is 13.8 Å². The van der Waals surface area contributed by atoms with Gasteiger partial charge in [-0.05, 0) is 31.0 Å². The molecule has 0 radical (unpaired) electrons. The van der Waals surface area contributed by atoms with Gasteiger partial charge in [0.15, 0.2) is 0 Å². The smallest absolute Gasteiger partial charge is 0.274 e. The monoisotopic (exact) mass is 312 g/mol. The summed E-state index contributed by atoms with van der Waals surface area (Å²) in [4.78, 5) is 22.9. The van der Waals surface area contributed by atoms with Crippen LogP contribution in [0.15, 0.2) is 30.6 Å². The summed E-state index contributed by atoms with van der Waals surface area (Å²) in [5, 5.41) is 2.93. The summed E-state index contributed by atoms with van der Waals surface area (Å²) in [6.45, 7) is 6.91. The molecule has 1 aliphatic rings. The number of hydrogen-bond acceptors (Lipinski definition) is 5. The minimum absolute atomic E-state index is 0.226. The van der Waals surface area contributed by atoms with E-state index < -0.39 is 0 Å². The lowest BCUT2D eigenvalue weighted by Gasteiger charge is -2.27. The van der Waals surface area contributed by atoms with Crippen molar-refractivity contribution in [2.45, 2.75) is 13.8 Å². The molecule has 6 nitrogen and oxygen atoms in total. The van der Waals surface area contributed by atoms with Gasteiger partial charge < -0.3 is 15.0 Å². The maximum absolute atomic E-state index is 12.5. The molecule has 120 valence electrons. The van der Waals surface area contributed by atoms with E-state index in [1.165, 1.54) is 6.33 Å². The van der Waals surface area contributed by atoms with Gasteiger partial charge in [0.05, 0.1) is 13.2 Å². The maximum atomic E-state index is 12.5. The molecular weight excluding hydrogens is 292 g/mol. The highest BCUT2D eigenvalue weighted by Gasteiger charge is 2.16. The number of aryl methyl sites for hydroxylation is 1. The van der Waals surface area contributed by atoms with Gasteiger partial charge in [0.2, 0.25) is 0 Å². The van der Waals surface area contributed by atoms with E-state index in [0.717, 1.165) is 35.7 Å². The lowest BCUT2D eigenvalue weighted by molar-refractivity contribution is 0.102. The number of nitrogens with one attached hydrogen (secondary N) is 1. The molecule has 1 aromatic carbocycles. The van der Waals surface area contributed by atoms with Gasteiger partial charge in [-0.1, -0.05) is 12.1 Å². The highest BCUT2D eigenvalue weighted by Crippen LogP contribution is 2.19. The van der Waals surface area contributed by atoms with Crippen LogP contribution in [0.2, 0.25) is 0 Å². The van der Waals surface area contributed by atoms with E-state index in [-0.39, 0.29) is 5.91 Å². The molecule has 1 saturated heterocycles. The topological polar surface area (TPSA) is 67.4 Å². The number of anilines is 2. The number of benzene rings is 1. The van der Waals surface area contributed by atoms with Gasteiger partial charge in [-0.2, -0.15) is 0 Å². The zero-order valence-electron chi connectivity index (χ0n) is 13.4. The summed E-state index contributed by atoms with van der Waals surface area (Å²) in [5.41, 5.74) is 3.37. The fourth-order valence-electron chi connectivity index (χ4n) is 2.51. The van der Waals surface area contributed by atoms with Crippen molar-refractivity contribution in [2.75, 3.05) is 36.5 Å². The predicted octanol–water partition coefficient (Wildman–Crippen LogP) is 2.18. The predicted molar refractivity (Wildman–Crippen MR) is 88.9 cm³/mol. The zero-order chi connectivity index (χ0) is 16.2. The van der Waals surface area contributed by atoms with Crippen molar-refractivity contribution in [1.82, 2.24) is 9.97 Å². The van der Waals surface area contributed by atoms with Crippen molar-refractivity contribution >= 4 is 17.4 Å². The lowest BCUT2D eigenvalue weighted by atomic mass is 10.1. The molecule has 1 aliphatic heterocycles. The Labute approximate surface area is 135 Å². The van der Waals surface area contributed by atoms with Gasteiger partial charge in [0.25, 0.3) is 5.91 Å². The second-order valence-corrected chi connectivity index (χ2v) is 5.56. The normalized spacial score (nSPS) is 14.6. The molecule has 23 heavy (non-hydrogen) atoms. The number of nitrogens with zero attached hydrogens (tertiary/aromatic N) is 3. The molecule has 0 aliphatic carbocycles. The van der Waals surface area contributed by atoms with Gasteiger partial charge in [-0.25, -0.2) is 9.97 Å². The minimum atomic E-state index is -0.226. The first-order valence-electron chi connectivity index (χ1n) is 7.67. The van der Waals surface area contributed by atoms with Crippen molar-refractivity contribution in [3.05, 3.63) is 47.4 Å². The number of rotatable bonds is 3. The molecule has 2 heterocycles. The summed E-state index contributed by atoms with van der Waals surface area (Å²) < 4.78 is 5.34. The van der Waals surface area contributed by atoms with Crippen LogP contribution < -0.4 is 10.2 Å². The Kier molecular flexibility index (Phi) is 4.52. The van der Waals surface area contributed by atoms with Crippen LogP contribution in [-0.4, -0.2) is 42.2 Å². The molecule has 2 aromatic rings. The quantitative estimate of drug-likeness (QED) is 0.941. The highest BCUT2D eigenvalue weighted by atomic mass is 16.5. The molecule has 0 unspecified atom stereocenters. The summed E-state index contributed by atoms with van der Waals surface area (Å²) in [6.07, 6.45) is 1.43. The average molecular weight is 312 g/mol. The Morgan fingerprint density at radius 1 is 1.22 bits per heavy atom. The first kappa shape index (κ1) is 15.4. The minimum Gasteiger partial charge on any atom is -0.378 e. The molecular formula is C17H20N4O2. The maximum Gasteiger partial charge on any atom is 0.274 e. The summed E-state index contributed by atoms with van der Waals surface area (Å²) in [6, 6.07) is 7.57. The van der Waals surface area contributed by atoms with Gasteiger partial charge in [0.1, 0.15) is 17.8 Å². The number of carbonyl (C=O) groups excluding carboxylic acids is 1. The molecule has 1 aromatic heterocycles. The molecule has 3 rings (SSSR count). The van der Waals surface area contributed by atoms with Crippen molar-refractivity contribution < 1.29 is 9.53 Å². The molecule has 1 fully saturated rings. The van der Waals surface area contributed by atoms with Gasteiger partial charge in [-0.15, -0.1) is 0 Å². The Morgan fingerprint density at radius 2 is 2.00 bits per heavy atom. The summed E-state index contributed by atoms with van der Waals surface area (Å²) in [5.74, 6) is 0.532. The number of carbonyl (C=O) groups is 1. The number of morpholine rings is 1. The number of ether oxygens (including phenoxy) is 1. The second kappa shape index (κ2) is 6.75. The molecule has 6 heteroatoms. The highest BCUT2D eigenvalue weighted by molar-refractivity contribution is 6.03. The molecule has 0 spiro atoms. The summed E-state index contributed by atoms with van der Waals surface area (Å²) in [7, 11) is 0. The van der Waals surface area contributed by atoms with Crippen molar-refractivity contribution in [3.63, 3.8) is 0 Å². The van der Waals surface area contributed by atoms with Crippen molar-refractivity contribution in [3.8, 4) is 0 Å². The van der Waals surface area contributed by atoms with Crippen molar-refractivity contribution in [2.24, 2.45) is 0 Å². The van der Waals surface area contributed by atoms with Gasteiger partial charge in [0, 0.05) is 24.8 Å². The third-order valence-corrected chi connectivity index (χ3v) is 4.07. The second-order valence-electron chi connectivity index (χ2n) is 5.56. The fraction of sp³-hybridized carbons (Fsp3) is 0.353. The summed E-state index contributed by atoms with van der Waals surface area (Å²) >= 11 is 0. The van der Waals surface area contributed by atoms with Crippen LogP contribution in [0.4, 0.5) is 11.5 Å². The van der Waals surface area contributed by atoms with E-state index in [4.69, 9.17) is 4.74 Å². The first-order valence-corrected chi connectivity index (χ1v) is 7.67. The Balaban J connectivity index is 1.78. The first-order chi connectivity index (χ1) is 11.1. The van der Waals surface area contributed by atoms with E-state index in [0.29, 0.717) is 18.9 Å². The van der Waals surface area contributed by atoms with E-state index in [1.54, 1.807) is 6.07 Å². The van der Waals surface area contributed by atoms with Crippen LogP contribution in [0.3, 0.4) is 0 Å². The Hall–Kier alpha value is -2.47. The number of aromatic nitrogens is 2. The van der Waals surface area contributed by atoms with E-state index >= 15 is 0 Å². The van der Waals surface area contributed by atoms with Crippen LogP contribution in [0.1, 0.15) is 21.6 Å². The van der Waals surface area contributed by atoms with Crippen LogP contribution in [-0.2, 0) is 4.74 Å². The number of amides is 1. The molecule has 0 atom stereocenters. The van der Waals surface area contributed by atoms with Crippen molar-refractivity contribution in [1.29, 1.82) is 0 Å². The van der Waals surface area contributed by atoms with Gasteiger partial charge >= 0.3 is 0 Å². The third kappa shape index (κ3) is 3.48. The number of hydrogen-bond donors (Lipinski definition) is 1. The Morgan fingerprint density at radius 3 is 2.78 bits per heavy atom. The fourth-order valence-corrected chi connectivity index (χ4v) is 2.51. The lowest BCUT2D eigenvalue weighted by Crippen LogP contribution is -2.37. The standard InChI is InChI=1S/C17H20N4O2/c1-12-4-3-5-14(13(12)2)20-17(22)15-10-16(19-11-18-15)21-6-8-23-9-7-21/h3-5,10-11H,6-9H2,1-2H3,(H,20,22). The average Bonchev–Trinajstić information content (AvgIpc) is 2.60. The van der Waals surface area contributed by atoms with E-state index in [1.807, 2.05) is 32.0 Å². The van der Waals surface area contributed by atoms with Gasteiger partial charge in [-0.3, -0.25) is 4.79 Å². The van der Waals surface area contributed by atoms with E-state index in [9.17, 15) is 4.79 Å². The Bertz CT molecular complexity index is 711. The van der Waals surface area contributed by atoms with Crippen LogP contribution >= 0.6 is 0 Å². The SMILES string of the molecule is Cc1cccc(NC(=O)c2cc(N3CCOCC3)ncn2)c1C. The molecule has 0 bridgehead atoms. The zero-order valence-corrected chi connectivity index (χ0v) is 13.4. The molecule has 1 N–H and O–H groups in total. The van der Waals surface area contributed by atoms with Crippen LogP contribution in [0.25, 0.3) is 0 Å². The third-order valence-electron chi connectivity index (χ3n) is 4.07. The van der Waals surface area contributed by atoms with E-state index in [2.05, 4.69) is 20.2 Å².